The standard InChI is InChI=1S/C14H21N5/c1-10-13(18(2)3)14-16-8-6-12(19(14)17-10)11-5-4-7-15-9-11/h6,8,11,15H,4-5,7,9H2,1-3H3. The van der Waals surface area contributed by atoms with E-state index in [0.29, 0.717) is 5.92 Å². The Morgan fingerprint density at radius 2 is 2.26 bits per heavy atom. The lowest BCUT2D eigenvalue weighted by molar-refractivity contribution is 0.448. The average molecular weight is 259 g/mol. The number of hydrogen-bond donors (Lipinski definition) is 1. The van der Waals surface area contributed by atoms with Gasteiger partial charge in [-0.2, -0.15) is 5.10 Å². The van der Waals surface area contributed by atoms with Crippen LogP contribution in [0.3, 0.4) is 0 Å². The van der Waals surface area contributed by atoms with Crippen LogP contribution in [0.15, 0.2) is 12.3 Å². The van der Waals surface area contributed by atoms with E-state index in [1.165, 1.54) is 18.5 Å². The van der Waals surface area contributed by atoms with Crippen molar-refractivity contribution in [2.75, 3.05) is 32.1 Å². The molecule has 2 aromatic rings. The Hall–Kier alpha value is -1.62. The van der Waals surface area contributed by atoms with Gasteiger partial charge in [0.05, 0.1) is 11.4 Å². The summed E-state index contributed by atoms with van der Waals surface area (Å²) >= 11 is 0. The Morgan fingerprint density at radius 1 is 1.42 bits per heavy atom. The van der Waals surface area contributed by atoms with Crippen LogP contribution in [-0.2, 0) is 0 Å². The third-order valence-electron chi connectivity index (χ3n) is 3.85. The second kappa shape index (κ2) is 4.81. The van der Waals surface area contributed by atoms with Crippen LogP contribution in [0, 0.1) is 6.92 Å². The van der Waals surface area contributed by atoms with E-state index < -0.39 is 0 Å². The van der Waals surface area contributed by atoms with Gasteiger partial charge >= 0.3 is 0 Å². The lowest BCUT2D eigenvalue weighted by Gasteiger charge is -2.23. The van der Waals surface area contributed by atoms with Gasteiger partial charge in [0.25, 0.3) is 0 Å². The summed E-state index contributed by atoms with van der Waals surface area (Å²) in [6.45, 7) is 4.22. The Kier molecular flexibility index (Phi) is 3.14. The second-order valence-corrected chi connectivity index (χ2v) is 5.48. The quantitative estimate of drug-likeness (QED) is 0.889. The van der Waals surface area contributed by atoms with Crippen molar-refractivity contribution in [2.24, 2.45) is 0 Å². The van der Waals surface area contributed by atoms with Gasteiger partial charge in [0.15, 0.2) is 5.65 Å². The van der Waals surface area contributed by atoms with Gasteiger partial charge in [-0.3, -0.25) is 0 Å². The van der Waals surface area contributed by atoms with E-state index in [1.54, 1.807) is 0 Å². The van der Waals surface area contributed by atoms with Crippen LogP contribution in [0.1, 0.15) is 30.1 Å². The van der Waals surface area contributed by atoms with Gasteiger partial charge in [-0.15, -0.1) is 0 Å². The molecule has 1 fully saturated rings. The summed E-state index contributed by atoms with van der Waals surface area (Å²) in [5.41, 5.74) is 4.39. The summed E-state index contributed by atoms with van der Waals surface area (Å²) in [5, 5.41) is 8.16. The number of fused-ring (bicyclic) bond motifs is 1. The molecule has 3 rings (SSSR count). The number of nitrogens with one attached hydrogen (secondary N) is 1. The molecule has 5 heteroatoms. The number of aromatic nitrogens is 3. The third kappa shape index (κ3) is 2.08. The molecule has 102 valence electrons. The Balaban J connectivity index is 2.13. The Labute approximate surface area is 113 Å². The summed E-state index contributed by atoms with van der Waals surface area (Å²) in [6.07, 6.45) is 4.37. The maximum atomic E-state index is 4.69. The molecule has 1 unspecified atom stereocenters. The Bertz CT molecular complexity index is 581. The summed E-state index contributed by atoms with van der Waals surface area (Å²) in [5.74, 6) is 0.536. The minimum absolute atomic E-state index is 0.536. The summed E-state index contributed by atoms with van der Waals surface area (Å²) in [4.78, 5) is 6.61. The molecule has 0 spiro atoms. The van der Waals surface area contributed by atoms with Crippen LogP contribution in [0.2, 0.25) is 0 Å². The lowest BCUT2D eigenvalue weighted by Crippen LogP contribution is -2.29. The van der Waals surface area contributed by atoms with Gasteiger partial charge in [0.2, 0.25) is 0 Å². The SMILES string of the molecule is Cc1nn2c(C3CCCNC3)ccnc2c1N(C)C. The maximum absolute atomic E-state index is 4.69. The highest BCUT2D eigenvalue weighted by molar-refractivity contribution is 5.71. The van der Waals surface area contributed by atoms with E-state index in [4.69, 9.17) is 5.10 Å². The van der Waals surface area contributed by atoms with Crippen LogP contribution in [0.25, 0.3) is 5.65 Å². The van der Waals surface area contributed by atoms with Gasteiger partial charge in [-0.25, -0.2) is 9.50 Å². The number of piperidine rings is 1. The number of aryl methyl sites for hydroxylation is 1. The molecular formula is C14H21N5. The topological polar surface area (TPSA) is 45.5 Å². The molecule has 1 atom stereocenters. The van der Waals surface area contributed by atoms with E-state index in [0.717, 1.165) is 30.1 Å². The molecule has 5 nitrogen and oxygen atoms in total. The minimum atomic E-state index is 0.536. The predicted molar refractivity (Wildman–Crippen MR) is 76.9 cm³/mol. The zero-order valence-corrected chi connectivity index (χ0v) is 11.8. The van der Waals surface area contributed by atoms with Crippen LogP contribution in [0.5, 0.6) is 0 Å². The van der Waals surface area contributed by atoms with Gasteiger partial charge in [-0.1, -0.05) is 0 Å². The van der Waals surface area contributed by atoms with E-state index in [-0.39, 0.29) is 0 Å². The maximum Gasteiger partial charge on any atom is 0.179 e. The highest BCUT2D eigenvalue weighted by Gasteiger charge is 2.21. The Morgan fingerprint density at radius 3 is 2.95 bits per heavy atom. The fraction of sp³-hybridized carbons (Fsp3) is 0.571. The molecule has 1 aliphatic rings. The van der Waals surface area contributed by atoms with Crippen LogP contribution in [0.4, 0.5) is 5.69 Å². The first kappa shape index (κ1) is 12.4. The molecule has 0 aliphatic carbocycles. The summed E-state index contributed by atoms with van der Waals surface area (Å²) < 4.78 is 2.03. The lowest BCUT2D eigenvalue weighted by atomic mass is 9.96. The molecule has 2 aromatic heterocycles. The van der Waals surface area contributed by atoms with Gasteiger partial charge in [0, 0.05) is 32.8 Å². The van der Waals surface area contributed by atoms with Gasteiger partial charge < -0.3 is 10.2 Å². The molecule has 0 amide bonds. The highest BCUT2D eigenvalue weighted by Crippen LogP contribution is 2.28. The number of rotatable bonds is 2. The molecule has 3 heterocycles. The predicted octanol–water partition coefficient (Wildman–Crippen LogP) is 1.57. The fourth-order valence-electron chi connectivity index (χ4n) is 2.99. The number of hydrogen-bond acceptors (Lipinski definition) is 4. The summed E-state index contributed by atoms with van der Waals surface area (Å²) in [6, 6.07) is 2.11. The first-order chi connectivity index (χ1) is 9.18. The van der Waals surface area contributed by atoms with Crippen molar-refractivity contribution in [3.63, 3.8) is 0 Å². The van der Waals surface area contributed by atoms with Crippen LogP contribution < -0.4 is 10.2 Å². The zero-order chi connectivity index (χ0) is 13.4. The van der Waals surface area contributed by atoms with Crippen molar-refractivity contribution in [3.05, 3.63) is 23.7 Å². The molecular weight excluding hydrogens is 238 g/mol. The molecule has 0 saturated carbocycles. The normalized spacial score (nSPS) is 19.8. The molecule has 1 aliphatic heterocycles. The zero-order valence-electron chi connectivity index (χ0n) is 11.8. The van der Waals surface area contributed by atoms with Crippen molar-refractivity contribution >= 4 is 11.3 Å². The number of anilines is 1. The molecule has 19 heavy (non-hydrogen) atoms. The van der Waals surface area contributed by atoms with Crippen molar-refractivity contribution in [3.8, 4) is 0 Å². The van der Waals surface area contributed by atoms with Crippen molar-refractivity contribution in [2.45, 2.75) is 25.7 Å². The molecule has 1 saturated heterocycles. The molecule has 0 bridgehead atoms. The third-order valence-corrected chi connectivity index (χ3v) is 3.85. The van der Waals surface area contributed by atoms with Gasteiger partial charge in [-0.05, 0) is 32.4 Å². The van der Waals surface area contributed by atoms with Crippen molar-refractivity contribution < 1.29 is 0 Å². The van der Waals surface area contributed by atoms with Crippen molar-refractivity contribution in [1.29, 1.82) is 0 Å². The second-order valence-electron chi connectivity index (χ2n) is 5.48. The molecule has 1 N–H and O–H groups in total. The van der Waals surface area contributed by atoms with E-state index in [1.807, 2.05) is 31.7 Å². The largest absolute Gasteiger partial charge is 0.373 e. The smallest absolute Gasteiger partial charge is 0.179 e. The first-order valence-corrected chi connectivity index (χ1v) is 6.90. The van der Waals surface area contributed by atoms with E-state index >= 15 is 0 Å². The molecule has 0 radical (unpaired) electrons. The van der Waals surface area contributed by atoms with Crippen LogP contribution in [-0.4, -0.2) is 41.8 Å². The van der Waals surface area contributed by atoms with Crippen molar-refractivity contribution in [1.82, 2.24) is 19.9 Å². The summed E-state index contributed by atoms with van der Waals surface area (Å²) in [7, 11) is 4.08. The highest BCUT2D eigenvalue weighted by atomic mass is 15.3. The van der Waals surface area contributed by atoms with E-state index in [2.05, 4.69) is 21.3 Å². The molecule has 0 aromatic carbocycles. The fourth-order valence-corrected chi connectivity index (χ4v) is 2.99. The monoisotopic (exact) mass is 259 g/mol. The average Bonchev–Trinajstić information content (AvgIpc) is 2.75. The van der Waals surface area contributed by atoms with Crippen LogP contribution >= 0.6 is 0 Å². The first-order valence-electron chi connectivity index (χ1n) is 6.90. The number of nitrogens with zero attached hydrogens (tertiary/aromatic N) is 4. The minimum Gasteiger partial charge on any atom is -0.373 e. The van der Waals surface area contributed by atoms with Gasteiger partial charge in [0.1, 0.15) is 5.69 Å². The van der Waals surface area contributed by atoms with E-state index in [9.17, 15) is 0 Å².